The first-order valence-corrected chi connectivity index (χ1v) is 9.30. The van der Waals surface area contributed by atoms with Gasteiger partial charge in [0.2, 0.25) is 5.91 Å². The summed E-state index contributed by atoms with van der Waals surface area (Å²) < 4.78 is 14.2. The number of halogens is 1. The first-order valence-electron chi connectivity index (χ1n) is 9.30. The molecule has 2 aromatic heterocycles. The van der Waals surface area contributed by atoms with Crippen molar-refractivity contribution in [2.45, 2.75) is 26.6 Å². The summed E-state index contributed by atoms with van der Waals surface area (Å²) in [6.07, 6.45) is 1.46. The van der Waals surface area contributed by atoms with Crippen LogP contribution >= 0.6 is 0 Å². The second kappa shape index (κ2) is 9.17. The zero-order chi connectivity index (χ0) is 21.7. The van der Waals surface area contributed by atoms with E-state index in [0.29, 0.717) is 17.8 Å². The quantitative estimate of drug-likeness (QED) is 0.617. The van der Waals surface area contributed by atoms with Gasteiger partial charge in [-0.25, -0.2) is 4.39 Å². The highest BCUT2D eigenvalue weighted by atomic mass is 19.1. The number of aromatic amines is 1. The molecule has 8 nitrogen and oxygen atoms in total. The minimum absolute atomic E-state index is 0.0713. The van der Waals surface area contributed by atoms with Crippen LogP contribution in [-0.4, -0.2) is 38.5 Å². The lowest BCUT2D eigenvalue weighted by Crippen LogP contribution is -2.37. The van der Waals surface area contributed by atoms with Crippen LogP contribution in [0.1, 0.15) is 27.3 Å². The van der Waals surface area contributed by atoms with Gasteiger partial charge in [0.1, 0.15) is 17.9 Å². The molecule has 0 fully saturated rings. The Kier molecular flexibility index (Phi) is 6.41. The van der Waals surface area contributed by atoms with Crippen LogP contribution in [0.2, 0.25) is 0 Å². The Labute approximate surface area is 172 Å². The third-order valence-corrected chi connectivity index (χ3v) is 4.52. The summed E-state index contributed by atoms with van der Waals surface area (Å²) in [6.45, 7) is 2.12. The summed E-state index contributed by atoms with van der Waals surface area (Å²) in [5.74, 6) is -1.22. The van der Waals surface area contributed by atoms with E-state index >= 15 is 0 Å². The highest BCUT2D eigenvalue weighted by molar-refractivity contribution is 5.93. The Morgan fingerprint density at radius 3 is 2.63 bits per heavy atom. The van der Waals surface area contributed by atoms with E-state index in [1.165, 1.54) is 33.9 Å². The number of hydrogen-bond acceptors (Lipinski definition) is 4. The van der Waals surface area contributed by atoms with Crippen LogP contribution in [0, 0.1) is 12.7 Å². The minimum atomic E-state index is -0.563. The van der Waals surface area contributed by atoms with Gasteiger partial charge in [-0.05, 0) is 42.8 Å². The predicted octanol–water partition coefficient (Wildman–Crippen LogP) is 1.61. The van der Waals surface area contributed by atoms with E-state index in [0.717, 1.165) is 5.69 Å². The van der Waals surface area contributed by atoms with Crippen molar-refractivity contribution in [2.24, 2.45) is 0 Å². The topological polar surface area (TPSA) is 100 Å². The monoisotopic (exact) mass is 411 g/mol. The van der Waals surface area contributed by atoms with E-state index in [1.807, 2.05) is 13.0 Å². The smallest absolute Gasteiger partial charge is 0.263 e. The molecule has 0 radical (unpaired) electrons. The van der Waals surface area contributed by atoms with Gasteiger partial charge in [0, 0.05) is 25.5 Å². The van der Waals surface area contributed by atoms with Gasteiger partial charge in [-0.3, -0.25) is 19.5 Å². The van der Waals surface area contributed by atoms with Gasteiger partial charge in [0.05, 0.1) is 12.2 Å². The first kappa shape index (κ1) is 21.0. The Morgan fingerprint density at radius 1 is 1.23 bits per heavy atom. The molecule has 3 rings (SSSR count). The molecular weight excluding hydrogens is 389 g/mol. The SMILES string of the molecule is Cc1cc(CN(C)C(=O)Cn2cccc(C(=O)NCc3ccc(F)cc3)c2=O)n[nH]1. The number of aryl methyl sites for hydroxylation is 1. The van der Waals surface area contributed by atoms with Crippen molar-refractivity contribution < 1.29 is 14.0 Å². The van der Waals surface area contributed by atoms with Crippen LogP contribution in [0.4, 0.5) is 4.39 Å². The van der Waals surface area contributed by atoms with Crippen molar-refractivity contribution in [1.82, 2.24) is 25.0 Å². The van der Waals surface area contributed by atoms with Gasteiger partial charge in [-0.1, -0.05) is 12.1 Å². The van der Waals surface area contributed by atoms with Gasteiger partial charge in [-0.2, -0.15) is 5.10 Å². The summed E-state index contributed by atoms with van der Waals surface area (Å²) in [4.78, 5) is 39.0. The highest BCUT2D eigenvalue weighted by Gasteiger charge is 2.16. The molecule has 2 amide bonds. The van der Waals surface area contributed by atoms with Crippen molar-refractivity contribution in [2.75, 3.05) is 7.05 Å². The zero-order valence-corrected chi connectivity index (χ0v) is 16.7. The molecule has 0 spiro atoms. The Hall–Kier alpha value is -3.75. The van der Waals surface area contributed by atoms with Crippen LogP contribution < -0.4 is 10.9 Å². The number of pyridine rings is 1. The lowest BCUT2D eigenvalue weighted by atomic mass is 10.2. The molecule has 0 saturated carbocycles. The van der Waals surface area contributed by atoms with Crippen LogP contribution in [0.5, 0.6) is 0 Å². The number of carbonyl (C=O) groups excluding carboxylic acids is 2. The van der Waals surface area contributed by atoms with Gasteiger partial charge < -0.3 is 14.8 Å². The number of hydrogen-bond donors (Lipinski definition) is 2. The fourth-order valence-corrected chi connectivity index (χ4v) is 2.87. The molecule has 156 valence electrons. The molecule has 0 atom stereocenters. The molecule has 2 heterocycles. The summed E-state index contributed by atoms with van der Waals surface area (Å²) in [6, 6.07) is 10.5. The Morgan fingerprint density at radius 2 is 1.97 bits per heavy atom. The van der Waals surface area contributed by atoms with Crippen molar-refractivity contribution in [3.8, 4) is 0 Å². The maximum atomic E-state index is 13.0. The van der Waals surface area contributed by atoms with E-state index < -0.39 is 11.5 Å². The number of nitrogens with zero attached hydrogens (tertiary/aromatic N) is 3. The molecule has 0 saturated heterocycles. The van der Waals surface area contributed by atoms with Gasteiger partial charge in [-0.15, -0.1) is 0 Å². The Balaban J connectivity index is 1.64. The Bertz CT molecular complexity index is 1100. The van der Waals surface area contributed by atoms with Crippen LogP contribution in [0.15, 0.2) is 53.5 Å². The predicted molar refractivity (Wildman–Crippen MR) is 108 cm³/mol. The largest absolute Gasteiger partial charge is 0.348 e. The first-order chi connectivity index (χ1) is 14.3. The summed E-state index contributed by atoms with van der Waals surface area (Å²) in [5, 5.41) is 9.53. The van der Waals surface area contributed by atoms with E-state index in [-0.39, 0.29) is 30.4 Å². The molecule has 30 heavy (non-hydrogen) atoms. The van der Waals surface area contributed by atoms with E-state index in [2.05, 4.69) is 15.5 Å². The molecule has 0 unspecified atom stereocenters. The number of likely N-dealkylation sites (N-methyl/N-ethyl adjacent to an activating group) is 1. The fraction of sp³-hybridized carbons (Fsp3) is 0.238. The molecule has 1 aromatic carbocycles. The zero-order valence-electron chi connectivity index (χ0n) is 16.7. The third-order valence-electron chi connectivity index (χ3n) is 4.52. The number of nitrogens with one attached hydrogen (secondary N) is 2. The lowest BCUT2D eigenvalue weighted by molar-refractivity contribution is -0.131. The molecule has 0 aliphatic heterocycles. The second-order valence-corrected chi connectivity index (χ2v) is 6.96. The van der Waals surface area contributed by atoms with Crippen LogP contribution in [-0.2, 0) is 24.4 Å². The van der Waals surface area contributed by atoms with Crippen molar-refractivity contribution in [1.29, 1.82) is 0 Å². The summed E-state index contributed by atoms with van der Waals surface area (Å²) in [7, 11) is 1.62. The standard InChI is InChI=1S/C21H22FN5O3/c1-14-10-17(25-24-14)12-26(2)19(28)13-27-9-3-4-18(21(27)30)20(29)23-11-15-5-7-16(22)8-6-15/h3-10H,11-13H2,1-2H3,(H,23,29)(H,24,25). The minimum Gasteiger partial charge on any atom is -0.348 e. The summed E-state index contributed by atoms with van der Waals surface area (Å²) >= 11 is 0. The number of rotatable bonds is 7. The molecular formula is C21H22FN5O3. The number of amides is 2. The maximum Gasteiger partial charge on any atom is 0.263 e. The maximum absolute atomic E-state index is 13.0. The highest BCUT2D eigenvalue weighted by Crippen LogP contribution is 2.04. The number of H-pyrrole nitrogens is 1. The molecule has 0 bridgehead atoms. The fourth-order valence-electron chi connectivity index (χ4n) is 2.87. The van der Waals surface area contributed by atoms with E-state index in [9.17, 15) is 18.8 Å². The number of aromatic nitrogens is 3. The van der Waals surface area contributed by atoms with Gasteiger partial charge in [0.15, 0.2) is 0 Å². The molecule has 2 N–H and O–H groups in total. The average Bonchev–Trinajstić information content (AvgIpc) is 3.13. The number of benzene rings is 1. The van der Waals surface area contributed by atoms with Gasteiger partial charge in [0.25, 0.3) is 11.5 Å². The van der Waals surface area contributed by atoms with Crippen molar-refractivity contribution in [3.63, 3.8) is 0 Å². The third kappa shape index (κ3) is 5.19. The van der Waals surface area contributed by atoms with Crippen LogP contribution in [0.3, 0.4) is 0 Å². The molecule has 0 aliphatic rings. The summed E-state index contributed by atoms with van der Waals surface area (Å²) in [5.41, 5.74) is 1.67. The lowest BCUT2D eigenvalue weighted by Gasteiger charge is -2.17. The molecule has 9 heteroatoms. The number of carbonyl (C=O) groups is 2. The van der Waals surface area contributed by atoms with E-state index in [4.69, 9.17) is 0 Å². The van der Waals surface area contributed by atoms with E-state index in [1.54, 1.807) is 25.2 Å². The average molecular weight is 411 g/mol. The van der Waals surface area contributed by atoms with Crippen molar-refractivity contribution >= 4 is 11.8 Å². The van der Waals surface area contributed by atoms with Crippen LogP contribution in [0.25, 0.3) is 0 Å². The molecule has 3 aromatic rings. The normalized spacial score (nSPS) is 10.6. The van der Waals surface area contributed by atoms with Crippen molar-refractivity contribution in [3.05, 3.63) is 87.3 Å². The van der Waals surface area contributed by atoms with Gasteiger partial charge >= 0.3 is 0 Å². The molecule has 0 aliphatic carbocycles. The second-order valence-electron chi connectivity index (χ2n) is 6.96.